The summed E-state index contributed by atoms with van der Waals surface area (Å²) >= 11 is 3.23. The van der Waals surface area contributed by atoms with E-state index in [1.165, 1.54) is 4.88 Å². The lowest BCUT2D eigenvalue weighted by Crippen LogP contribution is -2.67. The fourth-order valence-corrected chi connectivity index (χ4v) is 14.2. The molecule has 3 aromatic carbocycles. The van der Waals surface area contributed by atoms with E-state index in [-0.39, 0.29) is 29.6 Å². The summed E-state index contributed by atoms with van der Waals surface area (Å²) in [6, 6.07) is 28.1. The second kappa shape index (κ2) is 13.0. The number of ketones is 1. The van der Waals surface area contributed by atoms with Crippen LogP contribution in [0.15, 0.2) is 114 Å². The molecule has 2 bridgehead atoms. The quantitative estimate of drug-likeness (QED) is 0.121. The molecule has 6 nitrogen and oxygen atoms in total. The minimum atomic E-state index is -1.20. The lowest BCUT2D eigenvalue weighted by Gasteiger charge is -2.71. The van der Waals surface area contributed by atoms with Crippen LogP contribution in [-0.2, 0) is 6.42 Å². The highest BCUT2D eigenvalue weighted by atomic mass is 32.1. The van der Waals surface area contributed by atoms with Crippen LogP contribution in [0.2, 0.25) is 0 Å². The summed E-state index contributed by atoms with van der Waals surface area (Å²) in [5.74, 6) is 0.740. The summed E-state index contributed by atoms with van der Waals surface area (Å²) < 4.78 is 7.21. The molecule has 11 rings (SSSR count). The van der Waals surface area contributed by atoms with E-state index >= 15 is 4.79 Å². The fraction of sp³-hybridized carbons (Fsp3) is 0.417. The molecule has 2 spiro atoms. The number of carbonyl (C=O) groups excluding carboxylic acids is 2. The first-order chi connectivity index (χ1) is 27.0. The molecule has 2 heterocycles. The van der Waals surface area contributed by atoms with E-state index in [2.05, 4.69) is 55.7 Å². The second-order valence-corrected chi connectivity index (χ2v) is 20.0. The van der Waals surface area contributed by atoms with Crippen molar-refractivity contribution in [1.29, 1.82) is 0 Å². The molecule has 2 aromatic heterocycles. The number of nitrogens with zero attached hydrogens (tertiary/aromatic N) is 1. The van der Waals surface area contributed by atoms with E-state index in [9.17, 15) is 15.0 Å². The molecular weight excluding hydrogens is 735 g/mol. The van der Waals surface area contributed by atoms with Crippen LogP contribution in [0, 0.1) is 33.5 Å². The summed E-state index contributed by atoms with van der Waals surface area (Å²) in [6.07, 6.45) is 12.0. The van der Waals surface area contributed by atoms with Crippen molar-refractivity contribution in [2.24, 2.45) is 33.5 Å². The maximum atomic E-state index is 15.2. The van der Waals surface area contributed by atoms with Crippen molar-refractivity contribution >= 4 is 55.4 Å². The molecule has 8 atom stereocenters. The van der Waals surface area contributed by atoms with E-state index in [0.717, 1.165) is 63.4 Å². The molecule has 8 heteroatoms. The number of fused-ring (bicyclic) bond motifs is 3. The topological polar surface area (TPSA) is 87.1 Å². The Morgan fingerprint density at radius 1 is 0.839 bits per heavy atom. The molecule has 6 aliphatic carbocycles. The number of benzene rings is 3. The van der Waals surface area contributed by atoms with Gasteiger partial charge in [-0.05, 0) is 120 Å². The molecule has 0 saturated heterocycles. The smallest absolute Gasteiger partial charge is 0.410 e. The van der Waals surface area contributed by atoms with Gasteiger partial charge in [0.25, 0.3) is 0 Å². The lowest BCUT2D eigenvalue weighted by atomic mass is 9.32. The molecular formula is C48H49NO5S2. The van der Waals surface area contributed by atoms with Crippen molar-refractivity contribution in [2.45, 2.75) is 76.9 Å². The zero-order chi connectivity index (χ0) is 38.5. The first-order valence-electron chi connectivity index (χ1n) is 20.3. The van der Waals surface area contributed by atoms with Gasteiger partial charge in [-0.25, -0.2) is 4.79 Å². The second-order valence-electron chi connectivity index (χ2n) is 17.9. The molecule has 3 fully saturated rings. The van der Waals surface area contributed by atoms with Crippen molar-refractivity contribution in [3.8, 4) is 5.75 Å². The Hall–Kier alpha value is -4.08. The van der Waals surface area contributed by atoms with Gasteiger partial charge in [-0.2, -0.15) is 0 Å². The van der Waals surface area contributed by atoms with E-state index in [1.807, 2.05) is 66.7 Å². The monoisotopic (exact) mass is 783 g/mol. The molecule has 8 unspecified atom stereocenters. The first kappa shape index (κ1) is 36.3. The van der Waals surface area contributed by atoms with Gasteiger partial charge in [0.2, 0.25) is 0 Å². The van der Waals surface area contributed by atoms with E-state index in [0.29, 0.717) is 31.6 Å². The zero-order valence-corrected chi connectivity index (χ0v) is 33.7. The van der Waals surface area contributed by atoms with Gasteiger partial charge in [-0.1, -0.05) is 86.7 Å². The number of carbonyl (C=O) groups is 2. The van der Waals surface area contributed by atoms with E-state index < -0.39 is 34.0 Å². The van der Waals surface area contributed by atoms with E-state index in [1.54, 1.807) is 27.6 Å². The highest BCUT2D eigenvalue weighted by Gasteiger charge is 2.74. The average Bonchev–Trinajstić information content (AvgIpc) is 3.94. The van der Waals surface area contributed by atoms with Gasteiger partial charge in [0.05, 0.1) is 23.1 Å². The van der Waals surface area contributed by atoms with Crippen molar-refractivity contribution in [1.82, 2.24) is 4.90 Å². The zero-order valence-electron chi connectivity index (χ0n) is 32.1. The Labute approximate surface area is 336 Å². The molecule has 56 heavy (non-hydrogen) atoms. The number of thiophene rings is 2. The predicted molar refractivity (Wildman–Crippen MR) is 224 cm³/mol. The Morgan fingerprint density at radius 2 is 1.59 bits per heavy atom. The minimum Gasteiger partial charge on any atom is -0.410 e. The maximum Gasteiger partial charge on any atom is 0.415 e. The Morgan fingerprint density at radius 3 is 2.39 bits per heavy atom. The summed E-state index contributed by atoms with van der Waals surface area (Å²) in [5.41, 5.74) is -2.02. The Bertz CT molecular complexity index is 2400. The summed E-state index contributed by atoms with van der Waals surface area (Å²) in [6.45, 7) is 5.22. The molecule has 1 amide bonds. The third-order valence-electron chi connectivity index (χ3n) is 15.5. The van der Waals surface area contributed by atoms with Crippen LogP contribution in [0.25, 0.3) is 20.9 Å². The van der Waals surface area contributed by atoms with Crippen LogP contribution in [-0.4, -0.2) is 51.8 Å². The van der Waals surface area contributed by atoms with Crippen LogP contribution in [0.4, 0.5) is 4.79 Å². The molecule has 3 saturated carbocycles. The fourth-order valence-electron chi connectivity index (χ4n) is 12.5. The van der Waals surface area contributed by atoms with Crippen molar-refractivity contribution < 1.29 is 24.5 Å². The summed E-state index contributed by atoms with van der Waals surface area (Å²) in [7, 11) is 0. The molecule has 288 valence electrons. The van der Waals surface area contributed by atoms with Gasteiger partial charge >= 0.3 is 6.09 Å². The summed E-state index contributed by atoms with van der Waals surface area (Å²) in [5, 5.41) is 29.5. The normalized spacial score (nSPS) is 34.1. The van der Waals surface area contributed by atoms with Crippen molar-refractivity contribution in [3.63, 3.8) is 0 Å². The number of hydrogen-bond acceptors (Lipinski definition) is 7. The summed E-state index contributed by atoms with van der Waals surface area (Å²) in [4.78, 5) is 33.1. The third-order valence-corrected chi connectivity index (χ3v) is 17.5. The number of Topliss-reactive ketones (excluding diaryl/α,β-unsaturated/α-hetero) is 1. The number of rotatable bonds is 8. The van der Waals surface area contributed by atoms with Gasteiger partial charge in [0, 0.05) is 37.9 Å². The molecule has 0 aliphatic heterocycles. The van der Waals surface area contributed by atoms with Gasteiger partial charge in [-0.3, -0.25) is 4.79 Å². The van der Waals surface area contributed by atoms with E-state index in [4.69, 9.17) is 4.74 Å². The van der Waals surface area contributed by atoms with Crippen LogP contribution >= 0.6 is 22.7 Å². The van der Waals surface area contributed by atoms with Crippen LogP contribution in [0.5, 0.6) is 5.75 Å². The predicted octanol–water partition coefficient (Wildman–Crippen LogP) is 10.6. The van der Waals surface area contributed by atoms with Gasteiger partial charge in [0.15, 0.2) is 5.78 Å². The standard InChI is InChI=1S/C48H49NO5S2/c1-44-19-15-34(50)28-46(44)22-23-48(37(29-46)42(51)39-27-33-10-5-6-12-38(33)56-39)40(44)16-20-45(2)41(48)17-21-47(45,53)30-49(24-18-36-11-7-25-55-36)43(52)54-35-14-13-31-8-3-4-9-32(31)26-35/h3-14,22-23,25-27,29,34,40-41,50,53H,15-21,24,28,30H2,1-2H3. The molecule has 5 aromatic rings. The number of aliphatic hydroxyl groups is 2. The minimum absolute atomic E-state index is 0.0165. The molecule has 0 radical (unpaired) electrons. The molecule has 6 aliphatic rings. The number of allylic oxidation sites excluding steroid dienone is 4. The number of aliphatic hydroxyl groups excluding tert-OH is 1. The van der Waals surface area contributed by atoms with Crippen LogP contribution in [0.3, 0.4) is 0 Å². The Kier molecular flexibility index (Phi) is 8.40. The van der Waals surface area contributed by atoms with Crippen LogP contribution in [0.1, 0.15) is 73.3 Å². The number of ether oxygens (including phenoxy) is 1. The van der Waals surface area contributed by atoms with Crippen LogP contribution < -0.4 is 4.74 Å². The van der Waals surface area contributed by atoms with Gasteiger partial charge in [-0.15, -0.1) is 22.7 Å². The average molecular weight is 784 g/mol. The highest BCUT2D eigenvalue weighted by molar-refractivity contribution is 7.21. The number of amides is 1. The highest BCUT2D eigenvalue weighted by Crippen LogP contribution is 2.78. The van der Waals surface area contributed by atoms with Crippen molar-refractivity contribution in [3.05, 3.63) is 124 Å². The van der Waals surface area contributed by atoms with Gasteiger partial charge in [0.1, 0.15) is 5.75 Å². The maximum absolute atomic E-state index is 15.2. The first-order valence-corrected chi connectivity index (χ1v) is 22.0. The lowest BCUT2D eigenvalue weighted by molar-refractivity contribution is -0.175. The largest absolute Gasteiger partial charge is 0.415 e. The third kappa shape index (κ3) is 5.25. The van der Waals surface area contributed by atoms with Crippen molar-refractivity contribution in [2.75, 3.05) is 13.1 Å². The molecule has 2 N–H and O–H groups in total. The number of hydrogen-bond donors (Lipinski definition) is 2. The SMILES string of the molecule is CC12CCC(O)CC13C=CC1(C(C(=O)c4cc5ccccc5s4)=C3)C2CCC2(C)C1CCC2(O)CN(CCc1cccs1)C(=O)Oc1ccc2ccccc2c1. The van der Waals surface area contributed by atoms with Gasteiger partial charge < -0.3 is 19.8 Å². The Balaban J connectivity index is 1.02.